The topological polar surface area (TPSA) is 29.5 Å². The van der Waals surface area contributed by atoms with Crippen LogP contribution in [0.5, 0.6) is 11.5 Å². The van der Waals surface area contributed by atoms with Gasteiger partial charge in [-0.1, -0.05) is 54.3 Å². The first-order chi connectivity index (χ1) is 13.6. The highest BCUT2D eigenvalue weighted by Crippen LogP contribution is 2.36. The van der Waals surface area contributed by atoms with Crippen LogP contribution in [-0.2, 0) is 4.79 Å². The smallest absolute Gasteiger partial charge is 0.270 e. The summed E-state index contributed by atoms with van der Waals surface area (Å²) in [6.45, 7) is 0. The number of hydrogen-bond donors (Lipinski definition) is 0. The van der Waals surface area contributed by atoms with E-state index in [0.29, 0.717) is 20.7 Å². The Morgan fingerprint density at radius 1 is 0.929 bits per heavy atom. The summed E-state index contributed by atoms with van der Waals surface area (Å²) in [5.74, 6) is 0.826. The molecule has 3 aromatic carbocycles. The van der Waals surface area contributed by atoms with E-state index in [2.05, 4.69) is 0 Å². The molecule has 0 radical (unpaired) electrons. The Kier molecular flexibility index (Phi) is 5.23. The van der Waals surface area contributed by atoms with Crippen molar-refractivity contribution in [1.29, 1.82) is 0 Å². The van der Waals surface area contributed by atoms with E-state index in [1.165, 1.54) is 40.9 Å². The number of nitrogens with zero attached hydrogens (tertiary/aromatic N) is 1. The zero-order chi connectivity index (χ0) is 19.5. The van der Waals surface area contributed by atoms with E-state index >= 15 is 0 Å². The number of thiocarbonyl (C=S) groups is 1. The van der Waals surface area contributed by atoms with Gasteiger partial charge < -0.3 is 4.74 Å². The Balaban J connectivity index is 1.57. The molecular formula is C22H14FNO2S2. The second-order valence-electron chi connectivity index (χ2n) is 5.98. The number of thioether (sulfide) groups is 1. The third-order valence-electron chi connectivity index (χ3n) is 4.01. The molecule has 0 saturated carbocycles. The number of benzene rings is 3. The molecule has 0 atom stereocenters. The van der Waals surface area contributed by atoms with Crippen molar-refractivity contribution in [3.8, 4) is 11.5 Å². The average Bonchev–Trinajstić information content (AvgIpc) is 2.97. The molecule has 0 spiro atoms. The zero-order valence-electron chi connectivity index (χ0n) is 14.5. The van der Waals surface area contributed by atoms with Gasteiger partial charge in [-0.2, -0.15) is 0 Å². The molecule has 0 unspecified atom stereocenters. The van der Waals surface area contributed by atoms with Crippen LogP contribution in [0.15, 0.2) is 83.8 Å². The number of amides is 1. The van der Waals surface area contributed by atoms with E-state index in [0.717, 1.165) is 11.3 Å². The van der Waals surface area contributed by atoms with Gasteiger partial charge in [-0.3, -0.25) is 9.69 Å². The fraction of sp³-hybridized carbons (Fsp3) is 0. The first-order valence-corrected chi connectivity index (χ1v) is 9.69. The highest BCUT2D eigenvalue weighted by Gasteiger charge is 2.33. The maximum Gasteiger partial charge on any atom is 0.270 e. The van der Waals surface area contributed by atoms with Gasteiger partial charge in [0.2, 0.25) is 0 Å². The summed E-state index contributed by atoms with van der Waals surface area (Å²) in [7, 11) is 0. The second-order valence-corrected chi connectivity index (χ2v) is 7.66. The predicted molar refractivity (Wildman–Crippen MR) is 115 cm³/mol. The van der Waals surface area contributed by atoms with E-state index in [1.54, 1.807) is 6.08 Å². The number of carbonyl (C=O) groups is 1. The van der Waals surface area contributed by atoms with Crippen molar-refractivity contribution in [1.82, 2.24) is 0 Å². The van der Waals surface area contributed by atoms with Crippen molar-refractivity contribution in [3.63, 3.8) is 0 Å². The number of anilines is 1. The molecule has 0 aromatic heterocycles. The molecule has 3 aromatic rings. The molecule has 3 nitrogen and oxygen atoms in total. The summed E-state index contributed by atoms with van der Waals surface area (Å²) >= 11 is 6.57. The van der Waals surface area contributed by atoms with Gasteiger partial charge in [0.25, 0.3) is 5.91 Å². The second kappa shape index (κ2) is 7.96. The summed E-state index contributed by atoms with van der Waals surface area (Å²) in [6.07, 6.45) is 1.78. The Bertz CT molecular complexity index is 1070. The van der Waals surface area contributed by atoms with Crippen LogP contribution in [-0.4, -0.2) is 10.2 Å². The minimum atomic E-state index is -0.361. The maximum absolute atomic E-state index is 13.2. The summed E-state index contributed by atoms with van der Waals surface area (Å²) in [6, 6.07) is 22.6. The van der Waals surface area contributed by atoms with Crippen LogP contribution in [0.3, 0.4) is 0 Å². The standard InChI is InChI=1S/C22H14FNO2S2/c23-16-9-11-17(12-10-16)24-21(25)20(28-22(24)27)14-15-5-4-8-19(13-15)26-18-6-2-1-3-7-18/h1-14H/b20-14+. The third-order valence-corrected chi connectivity index (χ3v) is 5.32. The molecule has 1 aliphatic heterocycles. The van der Waals surface area contributed by atoms with Gasteiger partial charge in [0.1, 0.15) is 17.3 Å². The van der Waals surface area contributed by atoms with Crippen LogP contribution in [0.1, 0.15) is 5.56 Å². The monoisotopic (exact) mass is 407 g/mol. The number of para-hydroxylation sites is 1. The van der Waals surface area contributed by atoms with Crippen molar-refractivity contribution < 1.29 is 13.9 Å². The van der Waals surface area contributed by atoms with E-state index in [4.69, 9.17) is 17.0 Å². The lowest BCUT2D eigenvalue weighted by atomic mass is 10.2. The normalized spacial score (nSPS) is 15.3. The number of hydrogen-bond acceptors (Lipinski definition) is 4. The Labute approximate surface area is 171 Å². The largest absolute Gasteiger partial charge is 0.457 e. The SMILES string of the molecule is O=C1/C(=C\c2cccc(Oc3ccccc3)c2)SC(=S)N1c1ccc(F)cc1. The zero-order valence-corrected chi connectivity index (χ0v) is 16.2. The van der Waals surface area contributed by atoms with E-state index in [1.807, 2.05) is 54.6 Å². The molecular weight excluding hydrogens is 393 g/mol. The molecule has 0 N–H and O–H groups in total. The van der Waals surface area contributed by atoms with Crippen molar-refractivity contribution >= 4 is 46.0 Å². The molecule has 1 heterocycles. The highest BCUT2D eigenvalue weighted by molar-refractivity contribution is 8.27. The quantitative estimate of drug-likeness (QED) is 0.390. The molecule has 1 amide bonds. The first-order valence-electron chi connectivity index (χ1n) is 8.47. The lowest BCUT2D eigenvalue weighted by Crippen LogP contribution is -2.27. The lowest BCUT2D eigenvalue weighted by Gasteiger charge is -2.14. The van der Waals surface area contributed by atoms with Crippen LogP contribution in [0.2, 0.25) is 0 Å². The summed E-state index contributed by atoms with van der Waals surface area (Å²) in [5.41, 5.74) is 1.38. The molecule has 1 aliphatic rings. The lowest BCUT2D eigenvalue weighted by molar-refractivity contribution is -0.113. The molecule has 6 heteroatoms. The van der Waals surface area contributed by atoms with Crippen LogP contribution in [0, 0.1) is 5.82 Å². The van der Waals surface area contributed by atoms with Crippen LogP contribution >= 0.6 is 24.0 Å². The highest BCUT2D eigenvalue weighted by atomic mass is 32.2. The summed E-state index contributed by atoms with van der Waals surface area (Å²) in [5, 5.41) is 0. The number of halogens is 1. The Morgan fingerprint density at radius 2 is 1.64 bits per heavy atom. The van der Waals surface area contributed by atoms with Crippen molar-refractivity contribution in [2.45, 2.75) is 0 Å². The van der Waals surface area contributed by atoms with Gasteiger partial charge in [0, 0.05) is 0 Å². The summed E-state index contributed by atoms with van der Waals surface area (Å²) < 4.78 is 19.4. The van der Waals surface area contributed by atoms with E-state index in [-0.39, 0.29) is 11.7 Å². The average molecular weight is 407 g/mol. The van der Waals surface area contributed by atoms with Gasteiger partial charge in [-0.15, -0.1) is 0 Å². The van der Waals surface area contributed by atoms with Crippen LogP contribution < -0.4 is 9.64 Å². The molecule has 4 rings (SSSR count). The first kappa shape index (κ1) is 18.4. The molecule has 1 fully saturated rings. The van der Waals surface area contributed by atoms with Gasteiger partial charge >= 0.3 is 0 Å². The van der Waals surface area contributed by atoms with Crippen molar-refractivity contribution in [2.75, 3.05) is 4.90 Å². The molecule has 1 saturated heterocycles. The van der Waals surface area contributed by atoms with Gasteiger partial charge in [-0.05, 0) is 60.2 Å². The fourth-order valence-electron chi connectivity index (χ4n) is 2.72. The van der Waals surface area contributed by atoms with Crippen LogP contribution in [0.4, 0.5) is 10.1 Å². The van der Waals surface area contributed by atoms with E-state index in [9.17, 15) is 9.18 Å². The van der Waals surface area contributed by atoms with E-state index < -0.39 is 0 Å². The third kappa shape index (κ3) is 3.98. The fourth-order valence-corrected chi connectivity index (χ4v) is 4.02. The van der Waals surface area contributed by atoms with Gasteiger partial charge in [-0.25, -0.2) is 4.39 Å². The molecule has 0 bridgehead atoms. The van der Waals surface area contributed by atoms with Gasteiger partial charge in [0.15, 0.2) is 4.32 Å². The minimum absolute atomic E-state index is 0.226. The minimum Gasteiger partial charge on any atom is -0.457 e. The molecule has 138 valence electrons. The summed E-state index contributed by atoms with van der Waals surface area (Å²) in [4.78, 5) is 14.7. The van der Waals surface area contributed by atoms with Crippen LogP contribution in [0.25, 0.3) is 6.08 Å². The maximum atomic E-state index is 13.2. The molecule has 0 aliphatic carbocycles. The van der Waals surface area contributed by atoms with Crippen molar-refractivity contribution in [3.05, 3.63) is 95.1 Å². The number of carbonyl (C=O) groups excluding carboxylic acids is 1. The van der Waals surface area contributed by atoms with Gasteiger partial charge in [0.05, 0.1) is 10.6 Å². The Morgan fingerprint density at radius 3 is 2.39 bits per heavy atom. The van der Waals surface area contributed by atoms with Crippen molar-refractivity contribution in [2.24, 2.45) is 0 Å². The molecule has 28 heavy (non-hydrogen) atoms. The Hall–Kier alpha value is -2.96. The number of rotatable bonds is 4. The predicted octanol–water partition coefficient (Wildman–Crippen LogP) is 6.02. The number of ether oxygens (including phenoxy) is 1.